The normalized spacial score (nSPS) is 11.8. The van der Waals surface area contributed by atoms with Crippen LogP contribution in [-0.2, 0) is 11.3 Å². The van der Waals surface area contributed by atoms with Crippen LogP contribution in [0.2, 0.25) is 0 Å². The Hall–Kier alpha value is -1.69. The lowest BCUT2D eigenvalue weighted by Gasteiger charge is -2.22. The molecule has 0 saturated carbocycles. The number of aliphatic carboxylic acids is 1. The number of hydrogen-bond acceptors (Lipinski definition) is 3. The number of carbonyl (C=O) groups excluding carboxylic acids is 1. The second kappa shape index (κ2) is 8.56. The van der Waals surface area contributed by atoms with Gasteiger partial charge in [0, 0.05) is 13.6 Å². The van der Waals surface area contributed by atoms with Crippen LogP contribution in [0.15, 0.2) is 24.3 Å². The minimum atomic E-state index is -0.998. The molecule has 0 fully saturated rings. The molecule has 1 rings (SSSR count). The molecule has 0 aliphatic rings. The third-order valence-corrected chi connectivity index (χ3v) is 3.87. The van der Waals surface area contributed by atoms with Gasteiger partial charge in [-0.1, -0.05) is 24.3 Å². The maximum atomic E-state index is 12.1. The Bertz CT molecular complexity index is 494. The number of carbonyl (C=O) groups is 2. The van der Waals surface area contributed by atoms with Gasteiger partial charge in [0.05, 0.1) is 0 Å². The van der Waals surface area contributed by atoms with E-state index >= 15 is 0 Å². The van der Waals surface area contributed by atoms with Crippen LogP contribution in [0.5, 0.6) is 0 Å². The van der Waals surface area contributed by atoms with Crippen LogP contribution in [0.4, 0.5) is 4.79 Å². The lowest BCUT2D eigenvalue weighted by atomic mass is 10.1. The first-order valence-corrected chi connectivity index (χ1v) is 8.13. The number of rotatable bonds is 7. The second-order valence-corrected chi connectivity index (χ2v) is 5.89. The van der Waals surface area contributed by atoms with Crippen LogP contribution < -0.4 is 5.32 Å². The number of benzene rings is 1. The highest BCUT2D eigenvalue weighted by atomic mass is 32.2. The van der Waals surface area contributed by atoms with Gasteiger partial charge in [0.25, 0.3) is 0 Å². The standard InChI is InChI=1S/C15H22N2O3S/c1-11-6-4-5-7-12(11)10-17(2)15(20)16-13(14(18)19)8-9-21-3/h4-7,13H,8-10H2,1-3H3,(H,16,20)(H,18,19)/t13-/m1/s1. The smallest absolute Gasteiger partial charge is 0.326 e. The maximum Gasteiger partial charge on any atom is 0.326 e. The van der Waals surface area contributed by atoms with Crippen LogP contribution >= 0.6 is 11.8 Å². The molecule has 2 amide bonds. The third kappa shape index (κ3) is 5.67. The Balaban J connectivity index is 2.61. The quantitative estimate of drug-likeness (QED) is 0.811. The summed E-state index contributed by atoms with van der Waals surface area (Å²) in [5.41, 5.74) is 2.15. The van der Waals surface area contributed by atoms with E-state index in [4.69, 9.17) is 5.11 Å². The molecule has 0 aliphatic carbocycles. The lowest BCUT2D eigenvalue weighted by molar-refractivity contribution is -0.139. The minimum absolute atomic E-state index is 0.369. The van der Waals surface area contributed by atoms with Gasteiger partial charge in [0.2, 0.25) is 0 Å². The molecule has 0 aromatic heterocycles. The van der Waals surface area contributed by atoms with Crippen molar-refractivity contribution in [1.82, 2.24) is 10.2 Å². The predicted molar refractivity (Wildman–Crippen MR) is 85.6 cm³/mol. The largest absolute Gasteiger partial charge is 0.480 e. The van der Waals surface area contributed by atoms with Crippen molar-refractivity contribution >= 4 is 23.8 Å². The molecular weight excluding hydrogens is 288 g/mol. The Kier molecular flexibility index (Phi) is 7.08. The zero-order valence-corrected chi connectivity index (χ0v) is 13.4. The van der Waals surface area contributed by atoms with Gasteiger partial charge in [-0.25, -0.2) is 9.59 Å². The van der Waals surface area contributed by atoms with Gasteiger partial charge in [0.15, 0.2) is 0 Å². The zero-order valence-electron chi connectivity index (χ0n) is 12.6. The maximum absolute atomic E-state index is 12.1. The summed E-state index contributed by atoms with van der Waals surface area (Å²) in [5.74, 6) is -0.305. The zero-order chi connectivity index (χ0) is 15.8. The number of urea groups is 1. The summed E-state index contributed by atoms with van der Waals surface area (Å²) in [6, 6.07) is 6.60. The number of nitrogens with one attached hydrogen (secondary N) is 1. The number of nitrogens with zero attached hydrogens (tertiary/aromatic N) is 1. The van der Waals surface area contributed by atoms with Gasteiger partial charge in [-0.2, -0.15) is 11.8 Å². The van der Waals surface area contributed by atoms with Crippen molar-refractivity contribution in [1.29, 1.82) is 0 Å². The van der Waals surface area contributed by atoms with E-state index in [1.807, 2.05) is 37.4 Å². The van der Waals surface area contributed by atoms with Crippen LogP contribution in [0.25, 0.3) is 0 Å². The number of carboxylic acid groups (broad SMARTS) is 1. The molecule has 0 bridgehead atoms. The number of amides is 2. The molecule has 0 spiro atoms. The molecule has 1 aromatic carbocycles. The van der Waals surface area contributed by atoms with Crippen LogP contribution in [-0.4, -0.2) is 47.1 Å². The van der Waals surface area contributed by atoms with Gasteiger partial charge in [-0.05, 0) is 36.5 Å². The number of hydrogen-bond donors (Lipinski definition) is 2. The average molecular weight is 310 g/mol. The molecule has 0 unspecified atom stereocenters. The van der Waals surface area contributed by atoms with E-state index in [0.29, 0.717) is 18.7 Å². The molecule has 1 aromatic rings. The molecule has 21 heavy (non-hydrogen) atoms. The Morgan fingerprint density at radius 1 is 1.38 bits per heavy atom. The molecule has 0 aliphatic heterocycles. The molecule has 5 nitrogen and oxygen atoms in total. The summed E-state index contributed by atoms with van der Waals surface area (Å²) in [6.07, 6.45) is 2.32. The highest BCUT2D eigenvalue weighted by Gasteiger charge is 2.21. The third-order valence-electron chi connectivity index (χ3n) is 3.22. The Morgan fingerprint density at radius 3 is 2.62 bits per heavy atom. The molecule has 0 radical (unpaired) electrons. The highest BCUT2D eigenvalue weighted by molar-refractivity contribution is 7.98. The molecule has 2 N–H and O–H groups in total. The summed E-state index contributed by atoms with van der Waals surface area (Å²) < 4.78 is 0. The van der Waals surface area contributed by atoms with E-state index in [-0.39, 0.29) is 6.03 Å². The number of thioether (sulfide) groups is 1. The van der Waals surface area contributed by atoms with E-state index in [9.17, 15) is 9.59 Å². The van der Waals surface area contributed by atoms with Crippen molar-refractivity contribution in [2.75, 3.05) is 19.1 Å². The molecule has 0 saturated heterocycles. The van der Waals surface area contributed by atoms with Crippen molar-refractivity contribution in [2.24, 2.45) is 0 Å². The van der Waals surface area contributed by atoms with Crippen LogP contribution in [0.3, 0.4) is 0 Å². The number of aryl methyl sites for hydroxylation is 1. The highest BCUT2D eigenvalue weighted by Crippen LogP contribution is 2.10. The van der Waals surface area contributed by atoms with Crippen LogP contribution in [0.1, 0.15) is 17.5 Å². The Morgan fingerprint density at radius 2 is 2.05 bits per heavy atom. The predicted octanol–water partition coefficient (Wildman–Crippen LogP) is 2.34. The van der Waals surface area contributed by atoms with Crippen molar-refractivity contribution in [3.8, 4) is 0 Å². The summed E-state index contributed by atoms with van der Waals surface area (Å²) in [5, 5.41) is 11.7. The summed E-state index contributed by atoms with van der Waals surface area (Å²) in [7, 11) is 1.66. The van der Waals surface area contributed by atoms with Crippen molar-refractivity contribution in [3.05, 3.63) is 35.4 Å². The lowest BCUT2D eigenvalue weighted by Crippen LogP contribution is -2.46. The van der Waals surface area contributed by atoms with E-state index in [1.165, 1.54) is 4.90 Å². The van der Waals surface area contributed by atoms with Gasteiger partial charge in [-0.3, -0.25) is 0 Å². The summed E-state index contributed by atoms with van der Waals surface area (Å²) in [4.78, 5) is 24.7. The van der Waals surface area contributed by atoms with Crippen molar-refractivity contribution in [2.45, 2.75) is 25.9 Å². The fourth-order valence-electron chi connectivity index (χ4n) is 1.87. The molecule has 0 heterocycles. The van der Waals surface area contributed by atoms with Gasteiger partial charge in [-0.15, -0.1) is 0 Å². The van der Waals surface area contributed by atoms with Crippen molar-refractivity contribution < 1.29 is 14.7 Å². The average Bonchev–Trinajstić information content (AvgIpc) is 2.45. The van der Waals surface area contributed by atoms with Crippen molar-refractivity contribution in [3.63, 3.8) is 0 Å². The fourth-order valence-corrected chi connectivity index (χ4v) is 2.34. The SMILES string of the molecule is CSCC[C@@H](NC(=O)N(C)Cc1ccccc1C)C(=O)O. The topological polar surface area (TPSA) is 69.6 Å². The number of carboxylic acids is 1. The van der Waals surface area contributed by atoms with E-state index in [0.717, 1.165) is 11.1 Å². The second-order valence-electron chi connectivity index (χ2n) is 4.90. The van der Waals surface area contributed by atoms with Crippen LogP contribution in [0, 0.1) is 6.92 Å². The molecular formula is C15H22N2O3S. The summed E-state index contributed by atoms with van der Waals surface area (Å²) in [6.45, 7) is 2.44. The monoisotopic (exact) mass is 310 g/mol. The first-order chi connectivity index (χ1) is 9.95. The first kappa shape index (κ1) is 17.4. The fraction of sp³-hybridized carbons (Fsp3) is 0.467. The Labute approximate surface area is 129 Å². The van der Waals surface area contributed by atoms with E-state index in [1.54, 1.807) is 18.8 Å². The van der Waals surface area contributed by atoms with E-state index < -0.39 is 12.0 Å². The van der Waals surface area contributed by atoms with Gasteiger partial charge >= 0.3 is 12.0 Å². The summed E-state index contributed by atoms with van der Waals surface area (Å²) >= 11 is 1.56. The first-order valence-electron chi connectivity index (χ1n) is 6.73. The molecule has 6 heteroatoms. The molecule has 1 atom stereocenters. The van der Waals surface area contributed by atoms with E-state index in [2.05, 4.69) is 5.32 Å². The molecule has 116 valence electrons. The van der Waals surface area contributed by atoms with Gasteiger partial charge < -0.3 is 15.3 Å². The minimum Gasteiger partial charge on any atom is -0.480 e. The van der Waals surface area contributed by atoms with Gasteiger partial charge in [0.1, 0.15) is 6.04 Å².